The van der Waals surface area contributed by atoms with Crippen molar-refractivity contribution in [3.05, 3.63) is 66.1 Å². The topological polar surface area (TPSA) is 80.9 Å². The molecule has 7 heteroatoms. The number of nitrogens with zero attached hydrogens (tertiary/aromatic N) is 3. The Morgan fingerprint density at radius 1 is 1.13 bits per heavy atom. The molecule has 6 nitrogen and oxygen atoms in total. The van der Waals surface area contributed by atoms with Crippen molar-refractivity contribution >= 4 is 5.91 Å². The fourth-order valence-corrected chi connectivity index (χ4v) is 1.99. The summed E-state index contributed by atoms with van der Waals surface area (Å²) in [6, 6.07) is 9.42. The first kappa shape index (κ1) is 14.8. The predicted octanol–water partition coefficient (Wildman–Crippen LogP) is 2.24. The zero-order valence-electron chi connectivity index (χ0n) is 12.1. The molecule has 2 heterocycles. The summed E-state index contributed by atoms with van der Waals surface area (Å²) in [5.74, 6) is -0.174. The van der Waals surface area contributed by atoms with Crippen molar-refractivity contribution in [1.82, 2.24) is 20.5 Å². The lowest BCUT2D eigenvalue weighted by molar-refractivity contribution is 0.0953. The smallest absolute Gasteiger partial charge is 0.251 e. The first-order valence-corrected chi connectivity index (χ1v) is 6.99. The van der Waals surface area contributed by atoms with E-state index in [0.29, 0.717) is 24.4 Å². The van der Waals surface area contributed by atoms with Gasteiger partial charge in [0.1, 0.15) is 5.82 Å². The second kappa shape index (κ2) is 6.78. The molecule has 0 spiro atoms. The lowest BCUT2D eigenvalue weighted by Gasteiger charge is -2.02. The second-order valence-electron chi connectivity index (χ2n) is 4.72. The van der Waals surface area contributed by atoms with Crippen molar-refractivity contribution in [2.75, 3.05) is 6.54 Å². The van der Waals surface area contributed by atoms with Gasteiger partial charge in [-0.25, -0.2) is 4.39 Å². The van der Waals surface area contributed by atoms with Gasteiger partial charge in [-0.2, -0.15) is 0 Å². The van der Waals surface area contributed by atoms with Gasteiger partial charge in [-0.15, -0.1) is 10.2 Å². The zero-order chi connectivity index (χ0) is 16.1. The molecular weight excluding hydrogens is 299 g/mol. The van der Waals surface area contributed by atoms with Crippen LogP contribution in [-0.4, -0.2) is 27.6 Å². The Hall–Kier alpha value is -3.09. The highest BCUT2D eigenvalue weighted by Crippen LogP contribution is 2.20. The zero-order valence-corrected chi connectivity index (χ0v) is 12.1. The minimum atomic E-state index is -0.423. The number of pyridine rings is 1. The van der Waals surface area contributed by atoms with E-state index < -0.39 is 5.82 Å². The fraction of sp³-hybridized carbons (Fsp3) is 0.125. The van der Waals surface area contributed by atoms with E-state index in [0.717, 1.165) is 0 Å². The monoisotopic (exact) mass is 312 g/mol. The molecule has 0 radical (unpaired) electrons. The van der Waals surface area contributed by atoms with Gasteiger partial charge < -0.3 is 9.73 Å². The third-order valence-electron chi connectivity index (χ3n) is 3.14. The molecule has 1 N–H and O–H groups in total. The molecule has 1 amide bonds. The van der Waals surface area contributed by atoms with Gasteiger partial charge >= 0.3 is 0 Å². The molecule has 2 aromatic heterocycles. The van der Waals surface area contributed by atoms with E-state index in [1.54, 1.807) is 42.7 Å². The Kier molecular flexibility index (Phi) is 4.37. The van der Waals surface area contributed by atoms with Gasteiger partial charge in [0.15, 0.2) is 0 Å². The number of hydrogen-bond donors (Lipinski definition) is 1. The van der Waals surface area contributed by atoms with Crippen LogP contribution < -0.4 is 5.32 Å². The number of benzene rings is 1. The van der Waals surface area contributed by atoms with Crippen molar-refractivity contribution in [3.8, 4) is 11.5 Å². The average Bonchev–Trinajstić information content (AvgIpc) is 3.04. The summed E-state index contributed by atoms with van der Waals surface area (Å²) in [5, 5.41) is 10.4. The molecule has 0 saturated carbocycles. The molecule has 116 valence electrons. The van der Waals surface area contributed by atoms with Crippen LogP contribution in [0.4, 0.5) is 4.39 Å². The van der Waals surface area contributed by atoms with Crippen LogP contribution >= 0.6 is 0 Å². The quantitative estimate of drug-likeness (QED) is 0.781. The van der Waals surface area contributed by atoms with Gasteiger partial charge in [0.05, 0.1) is 5.56 Å². The summed E-state index contributed by atoms with van der Waals surface area (Å²) in [5.41, 5.74) is 0.782. The number of amides is 1. The summed E-state index contributed by atoms with van der Waals surface area (Å²) in [6.07, 6.45) is 3.46. The summed E-state index contributed by atoms with van der Waals surface area (Å²) in [6.45, 7) is 0.333. The SMILES string of the molecule is O=C(NCCc1nnc(-c2ccccc2F)o1)c1ccncc1. The average molecular weight is 312 g/mol. The minimum Gasteiger partial charge on any atom is -0.421 e. The molecular formula is C16H13FN4O2. The van der Waals surface area contributed by atoms with E-state index in [-0.39, 0.29) is 17.4 Å². The number of carbonyl (C=O) groups excluding carboxylic acids is 1. The molecule has 0 bridgehead atoms. The summed E-state index contributed by atoms with van der Waals surface area (Å²) in [7, 11) is 0. The molecule has 0 saturated heterocycles. The van der Waals surface area contributed by atoms with Crippen LogP contribution in [0.2, 0.25) is 0 Å². The van der Waals surface area contributed by atoms with Crippen LogP contribution in [0, 0.1) is 5.82 Å². The normalized spacial score (nSPS) is 10.5. The van der Waals surface area contributed by atoms with Gasteiger partial charge in [-0.3, -0.25) is 9.78 Å². The molecule has 0 fully saturated rings. The van der Waals surface area contributed by atoms with Crippen molar-refractivity contribution in [1.29, 1.82) is 0 Å². The number of aromatic nitrogens is 3. The van der Waals surface area contributed by atoms with Gasteiger partial charge in [-0.1, -0.05) is 12.1 Å². The molecule has 0 aliphatic rings. The van der Waals surface area contributed by atoms with E-state index in [1.165, 1.54) is 6.07 Å². The maximum absolute atomic E-state index is 13.6. The van der Waals surface area contributed by atoms with Crippen molar-refractivity contribution in [2.45, 2.75) is 6.42 Å². The highest BCUT2D eigenvalue weighted by molar-refractivity contribution is 5.93. The third kappa shape index (κ3) is 3.57. The molecule has 1 aromatic carbocycles. The Labute approximate surface area is 131 Å². The molecule has 0 aliphatic heterocycles. The predicted molar refractivity (Wildman–Crippen MR) is 80.0 cm³/mol. The molecule has 23 heavy (non-hydrogen) atoms. The second-order valence-corrected chi connectivity index (χ2v) is 4.72. The van der Waals surface area contributed by atoms with Gasteiger partial charge in [0.25, 0.3) is 11.8 Å². The molecule has 0 unspecified atom stereocenters. The lowest BCUT2D eigenvalue weighted by Crippen LogP contribution is -2.25. The van der Waals surface area contributed by atoms with Gasteiger partial charge in [0.2, 0.25) is 5.89 Å². The molecule has 0 aliphatic carbocycles. The van der Waals surface area contributed by atoms with Crippen LogP contribution in [0.1, 0.15) is 16.2 Å². The lowest BCUT2D eigenvalue weighted by atomic mass is 10.2. The largest absolute Gasteiger partial charge is 0.421 e. The molecule has 0 atom stereocenters. The first-order chi connectivity index (χ1) is 11.2. The number of hydrogen-bond acceptors (Lipinski definition) is 5. The van der Waals surface area contributed by atoms with Crippen molar-refractivity contribution < 1.29 is 13.6 Å². The van der Waals surface area contributed by atoms with Gasteiger partial charge in [0, 0.05) is 30.9 Å². The van der Waals surface area contributed by atoms with E-state index in [2.05, 4.69) is 20.5 Å². The van der Waals surface area contributed by atoms with E-state index in [9.17, 15) is 9.18 Å². The number of carbonyl (C=O) groups is 1. The maximum atomic E-state index is 13.6. The summed E-state index contributed by atoms with van der Waals surface area (Å²) >= 11 is 0. The summed E-state index contributed by atoms with van der Waals surface area (Å²) in [4.78, 5) is 15.7. The number of halogens is 1. The Morgan fingerprint density at radius 3 is 2.70 bits per heavy atom. The summed E-state index contributed by atoms with van der Waals surface area (Å²) < 4.78 is 19.1. The Balaban J connectivity index is 1.58. The standard InChI is InChI=1S/C16H13FN4O2/c17-13-4-2-1-3-12(13)16-21-20-14(23-16)7-10-19-15(22)11-5-8-18-9-6-11/h1-6,8-9H,7,10H2,(H,19,22). The van der Waals surface area contributed by atoms with Crippen LogP contribution in [-0.2, 0) is 6.42 Å². The van der Waals surface area contributed by atoms with E-state index in [4.69, 9.17) is 4.42 Å². The fourth-order valence-electron chi connectivity index (χ4n) is 1.99. The molecule has 3 rings (SSSR count). The number of rotatable bonds is 5. The Morgan fingerprint density at radius 2 is 1.91 bits per heavy atom. The highest BCUT2D eigenvalue weighted by atomic mass is 19.1. The molecule has 3 aromatic rings. The number of nitrogens with one attached hydrogen (secondary N) is 1. The van der Waals surface area contributed by atoms with Crippen LogP contribution in [0.5, 0.6) is 0 Å². The third-order valence-corrected chi connectivity index (χ3v) is 3.14. The maximum Gasteiger partial charge on any atom is 0.251 e. The first-order valence-electron chi connectivity index (χ1n) is 6.99. The highest BCUT2D eigenvalue weighted by Gasteiger charge is 2.12. The van der Waals surface area contributed by atoms with Crippen LogP contribution in [0.25, 0.3) is 11.5 Å². The van der Waals surface area contributed by atoms with Crippen LogP contribution in [0.15, 0.2) is 53.2 Å². The van der Waals surface area contributed by atoms with Crippen molar-refractivity contribution in [2.24, 2.45) is 0 Å². The minimum absolute atomic E-state index is 0.124. The van der Waals surface area contributed by atoms with Gasteiger partial charge in [-0.05, 0) is 24.3 Å². The van der Waals surface area contributed by atoms with Crippen LogP contribution in [0.3, 0.4) is 0 Å². The van der Waals surface area contributed by atoms with E-state index >= 15 is 0 Å². The van der Waals surface area contributed by atoms with E-state index in [1.807, 2.05) is 0 Å². The Bertz CT molecular complexity index is 805. The van der Waals surface area contributed by atoms with Crippen molar-refractivity contribution in [3.63, 3.8) is 0 Å².